The summed E-state index contributed by atoms with van der Waals surface area (Å²) in [5.74, 6) is -2.84. The van der Waals surface area contributed by atoms with E-state index < -0.39 is 17.7 Å². The van der Waals surface area contributed by atoms with E-state index in [2.05, 4.69) is 10.1 Å². The van der Waals surface area contributed by atoms with Crippen LogP contribution >= 0.6 is 0 Å². The highest BCUT2D eigenvalue weighted by molar-refractivity contribution is 6.39. The average molecular weight is 521 g/mol. The van der Waals surface area contributed by atoms with Crippen molar-refractivity contribution in [1.29, 1.82) is 0 Å². The van der Waals surface area contributed by atoms with E-state index in [0.29, 0.717) is 38.2 Å². The Balaban J connectivity index is 0.000000479. The third-order valence-electron chi connectivity index (χ3n) is 5.89. The Kier molecular flexibility index (Phi) is 8.85. The minimum absolute atomic E-state index is 0.0796. The maximum atomic E-state index is 12.8. The van der Waals surface area contributed by atoms with Crippen molar-refractivity contribution in [2.24, 2.45) is 5.16 Å². The fourth-order valence-electron chi connectivity index (χ4n) is 4.08. The lowest BCUT2D eigenvalue weighted by molar-refractivity contribution is -0.192. The fraction of sp³-hybridized carbons (Fsp3) is 0.400. The summed E-state index contributed by atoms with van der Waals surface area (Å²) < 4.78 is 31.7. The number of hydrogen-bond donors (Lipinski definition) is 1. The molecule has 1 N–H and O–H groups in total. The van der Waals surface area contributed by atoms with Gasteiger partial charge in [0, 0.05) is 26.2 Å². The lowest BCUT2D eigenvalue weighted by atomic mass is 9.87. The van der Waals surface area contributed by atoms with Gasteiger partial charge in [-0.1, -0.05) is 41.6 Å². The molecule has 1 unspecified atom stereocenters. The topological polar surface area (TPSA) is 112 Å². The van der Waals surface area contributed by atoms with E-state index >= 15 is 0 Å². The van der Waals surface area contributed by atoms with Crippen LogP contribution in [0.2, 0.25) is 0 Å². The summed E-state index contributed by atoms with van der Waals surface area (Å²) in [6.45, 7) is 1.58. The molecular weight excluding hydrogens is 493 g/mol. The first-order valence-electron chi connectivity index (χ1n) is 11.5. The van der Waals surface area contributed by atoms with E-state index in [0.717, 1.165) is 24.1 Å². The number of carbonyl (C=O) groups excluding carboxylic acids is 2. The summed E-state index contributed by atoms with van der Waals surface area (Å²) in [4.78, 5) is 48.0. The largest absolute Gasteiger partial charge is 0.490 e. The van der Waals surface area contributed by atoms with E-state index in [1.165, 1.54) is 0 Å². The number of piperidine rings is 1. The number of oxime groups is 1. The first kappa shape index (κ1) is 27.6. The summed E-state index contributed by atoms with van der Waals surface area (Å²) in [5, 5.41) is 11.2. The maximum Gasteiger partial charge on any atom is 0.490 e. The van der Waals surface area contributed by atoms with Gasteiger partial charge < -0.3 is 19.7 Å². The first-order valence-corrected chi connectivity index (χ1v) is 11.5. The van der Waals surface area contributed by atoms with Gasteiger partial charge in [-0.15, -0.1) is 0 Å². The molecule has 0 bridgehead atoms. The highest BCUT2D eigenvalue weighted by atomic mass is 19.4. The summed E-state index contributed by atoms with van der Waals surface area (Å²) in [7, 11) is 1.74. The van der Waals surface area contributed by atoms with E-state index in [4.69, 9.17) is 14.7 Å². The Bertz CT molecular complexity index is 1130. The minimum Gasteiger partial charge on any atom is -0.475 e. The van der Waals surface area contributed by atoms with Gasteiger partial charge in [-0.3, -0.25) is 14.6 Å². The zero-order valence-corrected chi connectivity index (χ0v) is 20.1. The second-order valence-corrected chi connectivity index (χ2v) is 8.86. The predicted octanol–water partition coefficient (Wildman–Crippen LogP) is 3.05. The molecular formula is C25H27F3N4O5. The standard InChI is InChI=1S/C23H26N4O3.C2HF3O2/c1-26(16-19-10-5-6-12-24-19)22(29)20-15-23(30-25-20)11-7-13-27(17-23)21(28)14-18-8-3-2-4-9-18;3-2(4,5)1(6)7/h2-6,8-10,12H,7,11,13-17H2,1H3;(H,6,7). The van der Waals surface area contributed by atoms with Gasteiger partial charge in [-0.25, -0.2) is 4.79 Å². The lowest BCUT2D eigenvalue weighted by Gasteiger charge is -2.38. The van der Waals surface area contributed by atoms with Crippen molar-refractivity contribution >= 4 is 23.5 Å². The minimum atomic E-state index is -5.08. The smallest absolute Gasteiger partial charge is 0.475 e. The molecule has 2 aliphatic rings. The van der Waals surface area contributed by atoms with E-state index in [-0.39, 0.29) is 11.8 Å². The van der Waals surface area contributed by atoms with Crippen molar-refractivity contribution in [1.82, 2.24) is 14.8 Å². The zero-order valence-electron chi connectivity index (χ0n) is 20.1. The van der Waals surface area contributed by atoms with Crippen LogP contribution in [0.15, 0.2) is 59.9 Å². The Morgan fingerprint density at radius 3 is 2.43 bits per heavy atom. The van der Waals surface area contributed by atoms with Crippen LogP contribution in [0.4, 0.5) is 13.2 Å². The number of aromatic nitrogens is 1. The Hall–Kier alpha value is -3.96. The molecule has 1 fully saturated rings. The Morgan fingerprint density at radius 2 is 1.81 bits per heavy atom. The number of pyridine rings is 1. The average Bonchev–Trinajstić information content (AvgIpc) is 3.27. The zero-order chi connectivity index (χ0) is 27.1. The van der Waals surface area contributed by atoms with Crippen LogP contribution in [0.5, 0.6) is 0 Å². The van der Waals surface area contributed by atoms with Crippen LogP contribution < -0.4 is 0 Å². The molecule has 2 amide bonds. The van der Waals surface area contributed by atoms with Crippen LogP contribution in [0.1, 0.15) is 30.5 Å². The van der Waals surface area contributed by atoms with Crippen molar-refractivity contribution in [2.45, 2.75) is 44.0 Å². The Labute approximate surface area is 211 Å². The van der Waals surface area contributed by atoms with Crippen LogP contribution in [0.25, 0.3) is 0 Å². The molecule has 0 aliphatic carbocycles. The Morgan fingerprint density at radius 1 is 1.14 bits per heavy atom. The van der Waals surface area contributed by atoms with Crippen molar-refractivity contribution in [2.75, 3.05) is 20.1 Å². The van der Waals surface area contributed by atoms with E-state index in [1.54, 1.807) is 18.1 Å². The number of aliphatic carboxylic acids is 1. The number of carbonyl (C=O) groups is 3. The SMILES string of the molecule is CN(Cc1ccccn1)C(=O)C1=NOC2(CCCN(C(=O)Cc3ccccc3)C2)C1.O=C(O)C(F)(F)F. The molecule has 1 atom stereocenters. The molecule has 0 saturated carbocycles. The van der Waals surface area contributed by atoms with Gasteiger partial charge in [0.15, 0.2) is 5.60 Å². The molecule has 12 heteroatoms. The molecule has 9 nitrogen and oxygen atoms in total. The van der Waals surface area contributed by atoms with Gasteiger partial charge in [0.05, 0.1) is 25.2 Å². The van der Waals surface area contributed by atoms with Gasteiger partial charge in [0.25, 0.3) is 5.91 Å². The highest BCUT2D eigenvalue weighted by Gasteiger charge is 2.46. The number of benzene rings is 1. The molecule has 4 rings (SSSR count). The quantitative estimate of drug-likeness (QED) is 0.649. The number of carboxylic acids is 1. The normalized spacial score (nSPS) is 18.8. The molecule has 1 aromatic heterocycles. The molecule has 198 valence electrons. The number of carboxylic acid groups (broad SMARTS) is 1. The summed E-state index contributed by atoms with van der Waals surface area (Å²) in [6.07, 6.45) is -0.959. The number of amides is 2. The number of nitrogens with zero attached hydrogens (tertiary/aromatic N) is 4. The molecule has 37 heavy (non-hydrogen) atoms. The molecule has 1 spiro atoms. The lowest BCUT2D eigenvalue weighted by Crippen LogP contribution is -2.51. The number of hydrogen-bond acceptors (Lipinski definition) is 6. The third kappa shape index (κ3) is 7.76. The van der Waals surface area contributed by atoms with Crippen LogP contribution in [-0.2, 0) is 32.2 Å². The molecule has 0 radical (unpaired) electrons. The number of rotatable bonds is 5. The second kappa shape index (κ2) is 11.8. The van der Waals surface area contributed by atoms with E-state index in [1.807, 2.05) is 53.4 Å². The number of halogens is 3. The van der Waals surface area contributed by atoms with Crippen molar-refractivity contribution in [3.63, 3.8) is 0 Å². The highest BCUT2D eigenvalue weighted by Crippen LogP contribution is 2.34. The monoisotopic (exact) mass is 520 g/mol. The summed E-state index contributed by atoms with van der Waals surface area (Å²) in [6, 6.07) is 15.4. The van der Waals surface area contributed by atoms with Gasteiger partial charge in [-0.05, 0) is 30.5 Å². The van der Waals surface area contributed by atoms with Crippen molar-refractivity contribution < 1.29 is 37.5 Å². The molecule has 2 aromatic rings. The van der Waals surface area contributed by atoms with Crippen LogP contribution in [0, 0.1) is 0 Å². The molecule has 1 aromatic carbocycles. The summed E-state index contributed by atoms with van der Waals surface area (Å²) >= 11 is 0. The van der Waals surface area contributed by atoms with E-state index in [9.17, 15) is 22.8 Å². The summed E-state index contributed by atoms with van der Waals surface area (Å²) in [5.41, 5.74) is 1.63. The van der Waals surface area contributed by atoms with Gasteiger partial charge in [0.2, 0.25) is 5.91 Å². The van der Waals surface area contributed by atoms with Crippen LogP contribution in [-0.4, -0.2) is 75.3 Å². The number of alkyl halides is 3. The van der Waals surface area contributed by atoms with Gasteiger partial charge in [-0.2, -0.15) is 13.2 Å². The molecule has 1 saturated heterocycles. The predicted molar refractivity (Wildman–Crippen MR) is 126 cm³/mol. The van der Waals surface area contributed by atoms with Gasteiger partial charge >= 0.3 is 12.1 Å². The van der Waals surface area contributed by atoms with Crippen LogP contribution in [0.3, 0.4) is 0 Å². The first-order chi connectivity index (χ1) is 17.5. The molecule has 3 heterocycles. The number of likely N-dealkylation sites (tertiary alicyclic amines) is 1. The van der Waals surface area contributed by atoms with Gasteiger partial charge in [0.1, 0.15) is 5.71 Å². The third-order valence-corrected chi connectivity index (χ3v) is 5.89. The molecule has 2 aliphatic heterocycles. The van der Waals surface area contributed by atoms with Crippen molar-refractivity contribution in [3.05, 3.63) is 66.0 Å². The fourth-order valence-corrected chi connectivity index (χ4v) is 4.08. The maximum absolute atomic E-state index is 12.8. The second-order valence-electron chi connectivity index (χ2n) is 8.86. The van der Waals surface area contributed by atoms with Crippen molar-refractivity contribution in [3.8, 4) is 0 Å².